The summed E-state index contributed by atoms with van der Waals surface area (Å²) in [6.07, 6.45) is 3.92. The number of ether oxygens (including phenoxy) is 1. The van der Waals surface area contributed by atoms with Crippen LogP contribution in [0.2, 0.25) is 0 Å². The average Bonchev–Trinajstić information content (AvgIpc) is 3.02. The molecule has 0 aromatic carbocycles. The van der Waals surface area contributed by atoms with E-state index in [4.69, 9.17) is 4.74 Å². The summed E-state index contributed by atoms with van der Waals surface area (Å²) in [5.74, 6) is 1.60. The number of hydrogen-bond donors (Lipinski definition) is 1. The zero-order chi connectivity index (χ0) is 12.8. The van der Waals surface area contributed by atoms with Crippen molar-refractivity contribution in [1.82, 2.24) is 5.32 Å². The Morgan fingerprint density at radius 3 is 2.83 bits per heavy atom. The molecule has 1 aromatic rings. The molecule has 3 heteroatoms. The second-order valence-electron chi connectivity index (χ2n) is 5.58. The summed E-state index contributed by atoms with van der Waals surface area (Å²) in [6.45, 7) is 7.17. The van der Waals surface area contributed by atoms with Crippen LogP contribution >= 0.6 is 11.3 Å². The molecular weight excluding hydrogens is 242 g/mol. The van der Waals surface area contributed by atoms with Crippen molar-refractivity contribution in [3.8, 4) is 0 Å². The SMILES string of the molecule is CC(C)CCOCCNC(c1cccs1)C1CC1. The maximum atomic E-state index is 5.65. The third kappa shape index (κ3) is 4.71. The molecule has 0 amide bonds. The van der Waals surface area contributed by atoms with Crippen molar-refractivity contribution in [2.45, 2.75) is 39.2 Å². The molecule has 0 spiro atoms. The summed E-state index contributed by atoms with van der Waals surface area (Å²) >= 11 is 1.87. The predicted octanol–water partition coefficient (Wildman–Crippen LogP) is 3.85. The molecule has 1 heterocycles. The Labute approximate surface area is 115 Å². The van der Waals surface area contributed by atoms with Gasteiger partial charge in [0.15, 0.2) is 0 Å². The summed E-state index contributed by atoms with van der Waals surface area (Å²) in [5.41, 5.74) is 0. The standard InChI is InChI=1S/C15H25NOS/c1-12(2)7-9-17-10-8-16-15(13-5-6-13)14-4-3-11-18-14/h3-4,11-13,15-16H,5-10H2,1-2H3. The third-order valence-electron chi connectivity index (χ3n) is 3.39. The zero-order valence-corrected chi connectivity index (χ0v) is 12.3. The van der Waals surface area contributed by atoms with Gasteiger partial charge < -0.3 is 10.1 Å². The quantitative estimate of drug-likeness (QED) is 0.686. The van der Waals surface area contributed by atoms with Crippen LogP contribution in [0.25, 0.3) is 0 Å². The van der Waals surface area contributed by atoms with Crippen LogP contribution in [-0.2, 0) is 4.74 Å². The van der Waals surface area contributed by atoms with Gasteiger partial charge in [-0.15, -0.1) is 11.3 Å². The normalized spacial score (nSPS) is 17.3. The number of hydrogen-bond acceptors (Lipinski definition) is 3. The molecule has 1 saturated carbocycles. The van der Waals surface area contributed by atoms with E-state index in [0.717, 1.165) is 38.0 Å². The first-order valence-corrected chi connectivity index (χ1v) is 8.00. The van der Waals surface area contributed by atoms with Crippen molar-refractivity contribution >= 4 is 11.3 Å². The molecular formula is C15H25NOS. The fourth-order valence-corrected chi connectivity index (χ4v) is 3.00. The minimum absolute atomic E-state index is 0.568. The molecule has 1 aliphatic carbocycles. The van der Waals surface area contributed by atoms with Crippen LogP contribution in [0.3, 0.4) is 0 Å². The first-order valence-electron chi connectivity index (χ1n) is 7.12. The van der Waals surface area contributed by atoms with Gasteiger partial charge in [0, 0.05) is 24.1 Å². The highest BCUT2D eigenvalue weighted by atomic mass is 32.1. The van der Waals surface area contributed by atoms with Crippen LogP contribution < -0.4 is 5.32 Å². The largest absolute Gasteiger partial charge is 0.380 e. The lowest BCUT2D eigenvalue weighted by molar-refractivity contribution is 0.123. The molecule has 2 rings (SSSR count). The second kappa shape index (κ2) is 7.27. The van der Waals surface area contributed by atoms with Crippen LogP contribution in [-0.4, -0.2) is 19.8 Å². The van der Waals surface area contributed by atoms with Crippen molar-refractivity contribution in [1.29, 1.82) is 0 Å². The van der Waals surface area contributed by atoms with Crippen molar-refractivity contribution in [2.75, 3.05) is 19.8 Å². The predicted molar refractivity (Wildman–Crippen MR) is 78.1 cm³/mol. The van der Waals surface area contributed by atoms with Gasteiger partial charge in [0.05, 0.1) is 6.61 Å². The molecule has 1 N–H and O–H groups in total. The Morgan fingerprint density at radius 2 is 2.22 bits per heavy atom. The lowest BCUT2D eigenvalue weighted by Crippen LogP contribution is -2.26. The number of thiophene rings is 1. The van der Waals surface area contributed by atoms with Crippen molar-refractivity contribution in [2.24, 2.45) is 11.8 Å². The van der Waals surface area contributed by atoms with E-state index in [1.54, 1.807) is 0 Å². The van der Waals surface area contributed by atoms with Crippen molar-refractivity contribution in [3.05, 3.63) is 22.4 Å². The lowest BCUT2D eigenvalue weighted by Gasteiger charge is -2.17. The van der Waals surface area contributed by atoms with Gasteiger partial charge in [-0.2, -0.15) is 0 Å². The summed E-state index contributed by atoms with van der Waals surface area (Å²) < 4.78 is 5.65. The van der Waals surface area contributed by atoms with E-state index in [2.05, 4.69) is 36.7 Å². The maximum Gasteiger partial charge on any atom is 0.0591 e. The highest BCUT2D eigenvalue weighted by molar-refractivity contribution is 7.10. The van der Waals surface area contributed by atoms with Crippen LogP contribution in [0.15, 0.2) is 17.5 Å². The fourth-order valence-electron chi connectivity index (χ4n) is 2.11. The highest BCUT2D eigenvalue weighted by Gasteiger charge is 2.32. The number of nitrogens with one attached hydrogen (secondary N) is 1. The first kappa shape index (κ1) is 14.0. The van der Waals surface area contributed by atoms with Gasteiger partial charge in [-0.3, -0.25) is 0 Å². The number of rotatable bonds is 9. The van der Waals surface area contributed by atoms with E-state index in [1.807, 2.05) is 11.3 Å². The van der Waals surface area contributed by atoms with E-state index in [0.29, 0.717) is 6.04 Å². The van der Waals surface area contributed by atoms with Gasteiger partial charge in [-0.25, -0.2) is 0 Å². The first-order chi connectivity index (χ1) is 8.77. The smallest absolute Gasteiger partial charge is 0.0591 e. The van der Waals surface area contributed by atoms with Gasteiger partial charge >= 0.3 is 0 Å². The van der Waals surface area contributed by atoms with Gasteiger partial charge in [0.2, 0.25) is 0 Å². The average molecular weight is 267 g/mol. The minimum Gasteiger partial charge on any atom is -0.380 e. The van der Waals surface area contributed by atoms with Gasteiger partial charge in [-0.1, -0.05) is 19.9 Å². The maximum absolute atomic E-state index is 5.65. The molecule has 1 unspecified atom stereocenters. The topological polar surface area (TPSA) is 21.3 Å². The Balaban J connectivity index is 1.62. The third-order valence-corrected chi connectivity index (χ3v) is 4.35. The minimum atomic E-state index is 0.568. The molecule has 18 heavy (non-hydrogen) atoms. The van der Waals surface area contributed by atoms with Crippen molar-refractivity contribution < 1.29 is 4.74 Å². The molecule has 1 fully saturated rings. The van der Waals surface area contributed by atoms with Crippen LogP contribution in [0.4, 0.5) is 0 Å². The molecule has 1 aromatic heterocycles. The molecule has 102 valence electrons. The van der Waals surface area contributed by atoms with Gasteiger partial charge in [0.25, 0.3) is 0 Å². The van der Waals surface area contributed by atoms with Crippen LogP contribution in [0, 0.1) is 11.8 Å². The Hall–Kier alpha value is -0.380. The zero-order valence-electron chi connectivity index (χ0n) is 11.5. The lowest BCUT2D eigenvalue weighted by atomic mass is 10.1. The summed E-state index contributed by atoms with van der Waals surface area (Å²) in [6, 6.07) is 4.97. The van der Waals surface area contributed by atoms with E-state index >= 15 is 0 Å². The fraction of sp³-hybridized carbons (Fsp3) is 0.733. The Morgan fingerprint density at radius 1 is 1.39 bits per heavy atom. The molecule has 0 radical (unpaired) electrons. The molecule has 0 saturated heterocycles. The summed E-state index contributed by atoms with van der Waals surface area (Å²) in [4.78, 5) is 1.49. The monoisotopic (exact) mass is 267 g/mol. The van der Waals surface area contributed by atoms with Gasteiger partial charge in [-0.05, 0) is 42.5 Å². The molecule has 0 aliphatic heterocycles. The molecule has 0 bridgehead atoms. The second-order valence-corrected chi connectivity index (χ2v) is 6.56. The van der Waals surface area contributed by atoms with E-state index in [9.17, 15) is 0 Å². The Kier molecular flexibility index (Phi) is 5.67. The van der Waals surface area contributed by atoms with E-state index < -0.39 is 0 Å². The summed E-state index contributed by atoms with van der Waals surface area (Å²) in [5, 5.41) is 5.83. The van der Waals surface area contributed by atoms with Gasteiger partial charge in [0.1, 0.15) is 0 Å². The molecule has 1 aliphatic rings. The highest BCUT2D eigenvalue weighted by Crippen LogP contribution is 2.42. The molecule has 2 nitrogen and oxygen atoms in total. The Bertz CT molecular complexity index is 319. The summed E-state index contributed by atoms with van der Waals surface area (Å²) in [7, 11) is 0. The van der Waals surface area contributed by atoms with Crippen molar-refractivity contribution in [3.63, 3.8) is 0 Å². The van der Waals surface area contributed by atoms with E-state index in [-0.39, 0.29) is 0 Å². The van der Waals surface area contributed by atoms with Crippen LogP contribution in [0.5, 0.6) is 0 Å². The van der Waals surface area contributed by atoms with Crippen LogP contribution in [0.1, 0.15) is 44.0 Å². The van der Waals surface area contributed by atoms with E-state index in [1.165, 1.54) is 17.7 Å². The molecule has 1 atom stereocenters.